The first kappa shape index (κ1) is 15.7. The highest BCUT2D eigenvalue weighted by Gasteiger charge is 2.27. The Kier molecular flexibility index (Phi) is 5.74. The molecule has 1 heterocycles. The lowest BCUT2D eigenvalue weighted by molar-refractivity contribution is 0.422. The molecule has 1 aliphatic heterocycles. The van der Waals surface area contributed by atoms with Gasteiger partial charge in [0, 0.05) is 19.6 Å². The molecular weight excluding hydrogens is 268 g/mol. The number of hydrogen-bond acceptors (Lipinski definition) is 2. The van der Waals surface area contributed by atoms with Crippen molar-refractivity contribution in [2.24, 2.45) is 11.8 Å². The van der Waals surface area contributed by atoms with Crippen LogP contribution in [0.15, 0.2) is 18.2 Å². The normalized spacial score (nSPS) is 19.1. The largest absolute Gasteiger partial charge is 0.370 e. The molecule has 2 rings (SSSR count). The molecule has 3 heteroatoms. The maximum absolute atomic E-state index is 6.48. The number of benzene rings is 1. The summed E-state index contributed by atoms with van der Waals surface area (Å²) in [6, 6.07) is 6.28. The quantitative estimate of drug-likeness (QED) is 0.786. The molecule has 0 aromatic heterocycles. The average Bonchev–Trinajstić information content (AvgIpc) is 2.88. The highest BCUT2D eigenvalue weighted by Crippen LogP contribution is 2.35. The Morgan fingerprint density at radius 1 is 1.40 bits per heavy atom. The van der Waals surface area contributed by atoms with Crippen LogP contribution in [-0.4, -0.2) is 19.6 Å². The number of para-hydroxylation sites is 1. The van der Waals surface area contributed by atoms with Crippen molar-refractivity contribution < 1.29 is 0 Å². The van der Waals surface area contributed by atoms with Gasteiger partial charge in [-0.3, -0.25) is 0 Å². The zero-order valence-electron chi connectivity index (χ0n) is 13.0. The molecule has 1 unspecified atom stereocenters. The predicted molar refractivity (Wildman–Crippen MR) is 88.6 cm³/mol. The van der Waals surface area contributed by atoms with Crippen molar-refractivity contribution in [3.05, 3.63) is 28.8 Å². The van der Waals surface area contributed by atoms with E-state index in [2.05, 4.69) is 43.1 Å². The highest BCUT2D eigenvalue weighted by atomic mass is 35.5. The summed E-state index contributed by atoms with van der Waals surface area (Å²) in [5, 5.41) is 4.38. The molecule has 1 fully saturated rings. The number of halogens is 1. The minimum absolute atomic E-state index is 0.754. The number of nitrogens with zero attached hydrogens (tertiary/aromatic N) is 1. The number of rotatable bonds is 6. The first-order valence-corrected chi connectivity index (χ1v) is 8.24. The van der Waals surface area contributed by atoms with Gasteiger partial charge in [-0.1, -0.05) is 44.5 Å². The Morgan fingerprint density at radius 2 is 2.20 bits per heavy atom. The van der Waals surface area contributed by atoms with Gasteiger partial charge in [0.25, 0.3) is 0 Å². The Labute approximate surface area is 128 Å². The van der Waals surface area contributed by atoms with Crippen LogP contribution in [0.4, 0.5) is 5.69 Å². The summed E-state index contributed by atoms with van der Waals surface area (Å²) in [7, 11) is 0. The Morgan fingerprint density at radius 3 is 2.85 bits per heavy atom. The van der Waals surface area contributed by atoms with Gasteiger partial charge in [0.2, 0.25) is 0 Å². The number of nitrogens with one attached hydrogen (secondary N) is 1. The lowest BCUT2D eigenvalue weighted by Crippen LogP contribution is -2.24. The van der Waals surface area contributed by atoms with Crippen LogP contribution in [0.3, 0.4) is 0 Å². The molecule has 0 bridgehead atoms. The maximum atomic E-state index is 6.48. The van der Waals surface area contributed by atoms with Gasteiger partial charge in [-0.2, -0.15) is 0 Å². The van der Waals surface area contributed by atoms with Crippen molar-refractivity contribution >= 4 is 17.3 Å². The first-order chi connectivity index (χ1) is 9.63. The van der Waals surface area contributed by atoms with E-state index in [1.807, 2.05) is 6.07 Å². The van der Waals surface area contributed by atoms with Crippen LogP contribution in [0.25, 0.3) is 0 Å². The van der Waals surface area contributed by atoms with E-state index in [-0.39, 0.29) is 0 Å². The minimum atomic E-state index is 0.754. The summed E-state index contributed by atoms with van der Waals surface area (Å²) >= 11 is 6.48. The van der Waals surface area contributed by atoms with Gasteiger partial charge in [0.15, 0.2) is 0 Å². The Bertz CT molecular complexity index is 431. The molecule has 0 aliphatic carbocycles. The van der Waals surface area contributed by atoms with Crippen LogP contribution in [0.5, 0.6) is 0 Å². The van der Waals surface area contributed by atoms with Gasteiger partial charge in [0.1, 0.15) is 0 Å². The third-order valence-corrected chi connectivity index (χ3v) is 4.60. The third-order valence-electron chi connectivity index (χ3n) is 4.30. The fourth-order valence-corrected chi connectivity index (χ4v) is 3.30. The molecule has 0 saturated carbocycles. The van der Waals surface area contributed by atoms with Gasteiger partial charge >= 0.3 is 0 Å². The van der Waals surface area contributed by atoms with Crippen LogP contribution < -0.4 is 10.2 Å². The van der Waals surface area contributed by atoms with Gasteiger partial charge < -0.3 is 10.2 Å². The first-order valence-electron chi connectivity index (χ1n) is 7.86. The smallest absolute Gasteiger partial charge is 0.0642 e. The van der Waals surface area contributed by atoms with E-state index in [0.717, 1.165) is 49.5 Å². The van der Waals surface area contributed by atoms with E-state index in [1.54, 1.807) is 0 Å². The van der Waals surface area contributed by atoms with Gasteiger partial charge in [-0.15, -0.1) is 0 Å². The lowest BCUT2D eigenvalue weighted by Gasteiger charge is -2.24. The minimum Gasteiger partial charge on any atom is -0.370 e. The van der Waals surface area contributed by atoms with Crippen LogP contribution in [0, 0.1) is 11.8 Å². The van der Waals surface area contributed by atoms with E-state index in [1.165, 1.54) is 17.7 Å². The summed E-state index contributed by atoms with van der Waals surface area (Å²) in [6.45, 7) is 11.1. The molecular formula is C17H27ClN2. The fraction of sp³-hybridized carbons (Fsp3) is 0.647. The molecule has 112 valence electrons. The summed E-state index contributed by atoms with van der Waals surface area (Å²) in [4.78, 5) is 2.48. The van der Waals surface area contributed by atoms with E-state index >= 15 is 0 Å². The summed E-state index contributed by atoms with van der Waals surface area (Å²) in [5.41, 5.74) is 2.58. The van der Waals surface area contributed by atoms with Crippen molar-refractivity contribution in [1.82, 2.24) is 5.32 Å². The van der Waals surface area contributed by atoms with Crippen LogP contribution >= 0.6 is 11.6 Å². The molecule has 1 saturated heterocycles. The van der Waals surface area contributed by atoms with Gasteiger partial charge in [-0.05, 0) is 42.9 Å². The Balaban J connectivity index is 2.13. The second-order valence-electron chi connectivity index (χ2n) is 6.16. The topological polar surface area (TPSA) is 15.3 Å². The molecule has 1 atom stereocenters. The molecule has 20 heavy (non-hydrogen) atoms. The molecule has 0 amide bonds. The number of hydrogen-bond donors (Lipinski definition) is 1. The second kappa shape index (κ2) is 7.33. The number of anilines is 1. The highest BCUT2D eigenvalue weighted by molar-refractivity contribution is 6.33. The van der Waals surface area contributed by atoms with E-state index < -0.39 is 0 Å². The summed E-state index contributed by atoms with van der Waals surface area (Å²) < 4.78 is 0. The van der Waals surface area contributed by atoms with Crippen molar-refractivity contribution in [3.63, 3.8) is 0 Å². The molecule has 0 spiro atoms. The molecule has 1 N–H and O–H groups in total. The third kappa shape index (κ3) is 3.67. The van der Waals surface area contributed by atoms with Crippen molar-refractivity contribution in [3.8, 4) is 0 Å². The Hall–Kier alpha value is -0.730. The van der Waals surface area contributed by atoms with E-state index in [0.29, 0.717) is 0 Å². The van der Waals surface area contributed by atoms with Crippen molar-refractivity contribution in [1.29, 1.82) is 0 Å². The van der Waals surface area contributed by atoms with Crippen molar-refractivity contribution in [2.45, 2.75) is 40.2 Å². The zero-order valence-corrected chi connectivity index (χ0v) is 13.7. The van der Waals surface area contributed by atoms with Crippen LogP contribution in [0.1, 0.15) is 39.2 Å². The monoisotopic (exact) mass is 294 g/mol. The molecule has 2 nitrogen and oxygen atoms in total. The summed E-state index contributed by atoms with van der Waals surface area (Å²) in [5.74, 6) is 1.55. The predicted octanol–water partition coefficient (Wildman–Crippen LogP) is 4.32. The van der Waals surface area contributed by atoms with Crippen LogP contribution in [0.2, 0.25) is 5.02 Å². The van der Waals surface area contributed by atoms with E-state index in [9.17, 15) is 0 Å². The fourth-order valence-electron chi connectivity index (χ4n) is 2.99. The second-order valence-corrected chi connectivity index (χ2v) is 6.57. The van der Waals surface area contributed by atoms with E-state index in [4.69, 9.17) is 11.6 Å². The van der Waals surface area contributed by atoms with Crippen molar-refractivity contribution in [2.75, 3.05) is 24.5 Å². The molecule has 1 aromatic carbocycles. The lowest BCUT2D eigenvalue weighted by atomic mass is 9.95. The SMILES string of the molecule is CCCNCc1cccc(Cl)c1N1CCC(C(C)C)C1. The molecule has 0 radical (unpaired) electrons. The van der Waals surface area contributed by atoms with Gasteiger partial charge in [-0.25, -0.2) is 0 Å². The van der Waals surface area contributed by atoms with Crippen LogP contribution in [-0.2, 0) is 6.54 Å². The van der Waals surface area contributed by atoms with Gasteiger partial charge in [0.05, 0.1) is 10.7 Å². The zero-order chi connectivity index (χ0) is 14.5. The summed E-state index contributed by atoms with van der Waals surface area (Å²) in [6.07, 6.45) is 2.44. The molecule has 1 aromatic rings. The average molecular weight is 295 g/mol. The molecule has 1 aliphatic rings. The maximum Gasteiger partial charge on any atom is 0.0642 e. The standard InChI is InChI=1S/C17H27ClN2/c1-4-9-19-11-14-6-5-7-16(18)17(14)20-10-8-15(12-20)13(2)3/h5-7,13,15,19H,4,8-12H2,1-3H3.